The first kappa shape index (κ1) is 13.2. The number of carbonyl (C=O) groups is 2. The molecule has 1 saturated heterocycles. The van der Waals surface area contributed by atoms with Gasteiger partial charge in [-0.25, -0.2) is 0 Å². The van der Waals surface area contributed by atoms with E-state index >= 15 is 0 Å². The Morgan fingerprint density at radius 2 is 1.90 bits per heavy atom. The van der Waals surface area contributed by atoms with E-state index in [1.165, 1.54) is 17.8 Å². The highest BCUT2D eigenvalue weighted by molar-refractivity contribution is 6.05. The topological polar surface area (TPSA) is 42.3 Å². The summed E-state index contributed by atoms with van der Waals surface area (Å²) in [6.07, 6.45) is -3.12. The normalized spacial score (nSPS) is 29.6. The Morgan fingerprint density at radius 1 is 1.25 bits per heavy atom. The molecule has 0 unspecified atom stereocenters. The van der Waals surface area contributed by atoms with E-state index in [-0.39, 0.29) is 23.9 Å². The van der Waals surface area contributed by atoms with Crippen molar-refractivity contribution in [3.8, 4) is 0 Å². The predicted octanol–water partition coefficient (Wildman–Crippen LogP) is 1.85. The van der Waals surface area contributed by atoms with Gasteiger partial charge in [0.15, 0.2) is 0 Å². The van der Waals surface area contributed by atoms with Gasteiger partial charge in [-0.15, -0.1) is 0 Å². The zero-order chi connectivity index (χ0) is 14.8. The number of hydrogen-bond acceptors (Lipinski definition) is 2. The molecule has 2 amide bonds. The number of fused-ring (bicyclic) bond motifs is 2. The fraction of sp³-hybridized carbons (Fsp3) is 0.538. The SMILES string of the molecule is C[C@@H]1[C@H]2C(=O)N(C)C(=O)[C@H]2Cc2c(C(F)(F)F)ccn21. The molecule has 7 heteroatoms. The maximum absolute atomic E-state index is 13.0. The standard InChI is InChI=1S/C13H13F3N2O2/c1-6-10-7(11(19)17(2)12(10)20)5-9-8(13(14,15)16)3-4-18(6)9/h3-4,6-7,10H,5H2,1-2H3/t6-,7+,10-/m1/s1. The Kier molecular flexibility index (Phi) is 2.55. The molecule has 1 aromatic rings. The second kappa shape index (κ2) is 3.86. The van der Waals surface area contributed by atoms with E-state index in [1.54, 1.807) is 6.92 Å². The van der Waals surface area contributed by atoms with Gasteiger partial charge in [0.2, 0.25) is 11.8 Å². The average Bonchev–Trinajstić information content (AvgIpc) is 2.87. The molecule has 2 aliphatic rings. The number of alkyl halides is 3. The number of nitrogens with zero attached hydrogens (tertiary/aromatic N) is 2. The molecule has 0 bridgehead atoms. The molecule has 20 heavy (non-hydrogen) atoms. The first-order chi connectivity index (χ1) is 9.23. The Balaban J connectivity index is 2.10. The van der Waals surface area contributed by atoms with E-state index in [0.717, 1.165) is 11.0 Å². The van der Waals surface area contributed by atoms with Gasteiger partial charge in [-0.05, 0) is 13.0 Å². The van der Waals surface area contributed by atoms with Gasteiger partial charge < -0.3 is 4.57 Å². The van der Waals surface area contributed by atoms with E-state index < -0.39 is 29.6 Å². The molecule has 3 atom stereocenters. The van der Waals surface area contributed by atoms with Crippen LogP contribution in [0.1, 0.15) is 24.2 Å². The highest BCUT2D eigenvalue weighted by Crippen LogP contribution is 2.44. The van der Waals surface area contributed by atoms with E-state index in [4.69, 9.17) is 0 Å². The molecule has 1 aromatic heterocycles. The van der Waals surface area contributed by atoms with Crippen LogP contribution in [-0.2, 0) is 22.2 Å². The molecule has 4 nitrogen and oxygen atoms in total. The van der Waals surface area contributed by atoms with Gasteiger partial charge in [0.05, 0.1) is 17.4 Å². The number of imide groups is 1. The predicted molar refractivity (Wildman–Crippen MR) is 62.6 cm³/mol. The Labute approximate surface area is 113 Å². The molecular formula is C13H13F3N2O2. The third-order valence-corrected chi connectivity index (χ3v) is 4.40. The van der Waals surface area contributed by atoms with Crippen LogP contribution < -0.4 is 0 Å². The minimum absolute atomic E-state index is 0.0359. The molecule has 0 aromatic carbocycles. The van der Waals surface area contributed by atoms with Crippen LogP contribution >= 0.6 is 0 Å². The van der Waals surface area contributed by atoms with Crippen molar-refractivity contribution < 1.29 is 22.8 Å². The van der Waals surface area contributed by atoms with Crippen LogP contribution in [0.2, 0.25) is 0 Å². The maximum Gasteiger partial charge on any atom is 0.418 e. The van der Waals surface area contributed by atoms with Crippen LogP contribution in [0.15, 0.2) is 12.3 Å². The lowest BCUT2D eigenvalue weighted by molar-refractivity contribution is -0.140. The summed E-state index contributed by atoms with van der Waals surface area (Å²) in [7, 11) is 1.38. The monoisotopic (exact) mass is 286 g/mol. The highest BCUT2D eigenvalue weighted by atomic mass is 19.4. The lowest BCUT2D eigenvalue weighted by atomic mass is 9.81. The van der Waals surface area contributed by atoms with Crippen molar-refractivity contribution in [3.63, 3.8) is 0 Å². The minimum atomic E-state index is -4.44. The number of aromatic nitrogens is 1. The Hall–Kier alpha value is -1.79. The zero-order valence-electron chi connectivity index (χ0n) is 10.9. The summed E-state index contributed by atoms with van der Waals surface area (Å²) in [5.41, 5.74) is -0.611. The first-order valence-electron chi connectivity index (χ1n) is 6.31. The molecule has 3 rings (SSSR count). The fourth-order valence-electron chi connectivity index (χ4n) is 3.38. The molecule has 0 spiro atoms. The van der Waals surface area contributed by atoms with Crippen LogP contribution in [0.3, 0.4) is 0 Å². The quantitative estimate of drug-likeness (QED) is 0.683. The fourth-order valence-corrected chi connectivity index (χ4v) is 3.38. The summed E-state index contributed by atoms with van der Waals surface area (Å²) < 4.78 is 40.3. The minimum Gasteiger partial charge on any atom is -0.347 e. The summed E-state index contributed by atoms with van der Waals surface area (Å²) >= 11 is 0. The molecule has 0 N–H and O–H groups in total. The lowest BCUT2D eigenvalue weighted by Crippen LogP contribution is -2.35. The second-order valence-electron chi connectivity index (χ2n) is 5.39. The molecule has 3 heterocycles. The van der Waals surface area contributed by atoms with Crippen molar-refractivity contribution in [1.82, 2.24) is 9.47 Å². The van der Waals surface area contributed by atoms with Crippen molar-refractivity contribution in [2.24, 2.45) is 11.8 Å². The van der Waals surface area contributed by atoms with Crippen LogP contribution in [0.5, 0.6) is 0 Å². The molecule has 108 valence electrons. The van der Waals surface area contributed by atoms with Gasteiger partial charge in [-0.2, -0.15) is 13.2 Å². The third kappa shape index (κ3) is 1.55. The van der Waals surface area contributed by atoms with E-state index in [0.29, 0.717) is 0 Å². The number of carbonyl (C=O) groups excluding carboxylic acids is 2. The smallest absolute Gasteiger partial charge is 0.347 e. The summed E-state index contributed by atoms with van der Waals surface area (Å²) in [5, 5.41) is 0. The summed E-state index contributed by atoms with van der Waals surface area (Å²) in [6.45, 7) is 1.69. The van der Waals surface area contributed by atoms with Gasteiger partial charge in [0.1, 0.15) is 0 Å². The third-order valence-electron chi connectivity index (χ3n) is 4.40. The number of halogens is 3. The molecule has 2 aliphatic heterocycles. The highest BCUT2D eigenvalue weighted by Gasteiger charge is 2.53. The zero-order valence-corrected chi connectivity index (χ0v) is 10.9. The van der Waals surface area contributed by atoms with Crippen molar-refractivity contribution in [2.45, 2.75) is 25.6 Å². The molecule has 1 fully saturated rings. The van der Waals surface area contributed by atoms with Crippen LogP contribution in [0.4, 0.5) is 13.2 Å². The Morgan fingerprint density at radius 3 is 2.50 bits per heavy atom. The summed E-state index contributed by atoms with van der Waals surface area (Å²) in [6, 6.07) is 0.576. The van der Waals surface area contributed by atoms with Gasteiger partial charge in [0, 0.05) is 31.4 Å². The van der Waals surface area contributed by atoms with Crippen LogP contribution in [0, 0.1) is 11.8 Å². The van der Waals surface area contributed by atoms with Crippen LogP contribution in [0.25, 0.3) is 0 Å². The molecule has 0 saturated carbocycles. The van der Waals surface area contributed by atoms with E-state index in [9.17, 15) is 22.8 Å². The van der Waals surface area contributed by atoms with Gasteiger partial charge in [-0.3, -0.25) is 14.5 Å². The molecule has 0 aliphatic carbocycles. The number of hydrogen-bond donors (Lipinski definition) is 0. The van der Waals surface area contributed by atoms with Crippen molar-refractivity contribution in [3.05, 3.63) is 23.5 Å². The van der Waals surface area contributed by atoms with Crippen molar-refractivity contribution >= 4 is 11.8 Å². The summed E-state index contributed by atoms with van der Waals surface area (Å²) in [5.74, 6) is -1.92. The number of likely N-dealkylation sites (tertiary alicyclic amines) is 1. The van der Waals surface area contributed by atoms with Crippen molar-refractivity contribution in [1.29, 1.82) is 0 Å². The molecular weight excluding hydrogens is 273 g/mol. The number of amides is 2. The molecule has 0 radical (unpaired) electrons. The Bertz CT molecular complexity index is 605. The van der Waals surface area contributed by atoms with Gasteiger partial charge in [0.25, 0.3) is 0 Å². The van der Waals surface area contributed by atoms with Crippen LogP contribution in [-0.4, -0.2) is 28.3 Å². The van der Waals surface area contributed by atoms with Gasteiger partial charge >= 0.3 is 6.18 Å². The number of rotatable bonds is 0. The van der Waals surface area contributed by atoms with Gasteiger partial charge in [-0.1, -0.05) is 0 Å². The first-order valence-corrected chi connectivity index (χ1v) is 6.31. The largest absolute Gasteiger partial charge is 0.418 e. The lowest BCUT2D eigenvalue weighted by Gasteiger charge is -2.31. The summed E-state index contributed by atoms with van der Waals surface area (Å²) in [4.78, 5) is 25.1. The second-order valence-corrected chi connectivity index (χ2v) is 5.39. The average molecular weight is 286 g/mol. The maximum atomic E-state index is 13.0. The van der Waals surface area contributed by atoms with E-state index in [2.05, 4.69) is 0 Å². The van der Waals surface area contributed by atoms with E-state index in [1.807, 2.05) is 0 Å². The van der Waals surface area contributed by atoms with Crippen molar-refractivity contribution in [2.75, 3.05) is 7.05 Å².